The number of carbonyl (C=O) groups excluding carboxylic acids is 1. The second kappa shape index (κ2) is 8.10. The Morgan fingerprint density at radius 3 is 2.65 bits per heavy atom. The monoisotopic (exact) mass is 334 g/mol. The Morgan fingerprint density at radius 1 is 1.30 bits per heavy atom. The van der Waals surface area contributed by atoms with Gasteiger partial charge in [0.25, 0.3) is 0 Å². The molecule has 2 rings (SSSR count). The van der Waals surface area contributed by atoms with E-state index in [4.69, 9.17) is 4.74 Å². The lowest BCUT2D eigenvalue weighted by Crippen LogP contribution is -2.44. The predicted molar refractivity (Wildman–Crippen MR) is 91.5 cm³/mol. The number of aliphatic hydroxyl groups is 1. The third-order valence-electron chi connectivity index (χ3n) is 3.64. The van der Waals surface area contributed by atoms with Crippen molar-refractivity contribution in [1.29, 1.82) is 0 Å². The first-order valence-electron chi connectivity index (χ1n) is 7.37. The Labute approximate surface area is 140 Å². The van der Waals surface area contributed by atoms with E-state index in [1.54, 1.807) is 14.0 Å². The van der Waals surface area contributed by atoms with Crippen molar-refractivity contribution >= 4 is 17.4 Å². The van der Waals surface area contributed by atoms with Crippen LogP contribution in [0.4, 0.5) is 4.79 Å². The predicted octanol–water partition coefficient (Wildman–Crippen LogP) is 2.64. The van der Waals surface area contributed by atoms with Crippen LogP contribution < -0.4 is 10.6 Å². The molecule has 0 saturated carbocycles. The zero-order valence-corrected chi connectivity index (χ0v) is 14.1. The molecular formula is C17H22N2O3S. The summed E-state index contributed by atoms with van der Waals surface area (Å²) in [6, 6.07) is 11.2. The van der Waals surface area contributed by atoms with Gasteiger partial charge in [-0.3, -0.25) is 0 Å². The van der Waals surface area contributed by atoms with E-state index < -0.39 is 5.60 Å². The van der Waals surface area contributed by atoms with E-state index >= 15 is 0 Å². The van der Waals surface area contributed by atoms with E-state index in [0.717, 1.165) is 11.1 Å². The normalized spacial score (nSPS) is 14.7. The molecular weight excluding hydrogens is 312 g/mol. The van der Waals surface area contributed by atoms with Crippen molar-refractivity contribution in [1.82, 2.24) is 10.6 Å². The number of nitrogens with one attached hydrogen (secondary N) is 2. The van der Waals surface area contributed by atoms with Crippen molar-refractivity contribution < 1.29 is 14.6 Å². The van der Waals surface area contributed by atoms with Crippen molar-refractivity contribution in [3.8, 4) is 0 Å². The second-order valence-corrected chi connectivity index (χ2v) is 6.26. The number of rotatable bonds is 7. The zero-order valence-electron chi connectivity index (χ0n) is 13.3. The molecule has 2 amide bonds. The molecule has 6 heteroatoms. The largest absolute Gasteiger partial charge is 0.384 e. The molecule has 0 aliphatic heterocycles. The van der Waals surface area contributed by atoms with Crippen LogP contribution in [0.3, 0.4) is 0 Å². The van der Waals surface area contributed by atoms with Gasteiger partial charge < -0.3 is 20.5 Å². The molecule has 1 aromatic carbocycles. The van der Waals surface area contributed by atoms with Crippen LogP contribution in [0.2, 0.25) is 0 Å². The van der Waals surface area contributed by atoms with E-state index in [0.29, 0.717) is 6.54 Å². The van der Waals surface area contributed by atoms with Crippen LogP contribution in [0.25, 0.3) is 0 Å². The fourth-order valence-electron chi connectivity index (χ4n) is 2.18. The Balaban J connectivity index is 1.81. The first-order chi connectivity index (χ1) is 11.0. The van der Waals surface area contributed by atoms with Gasteiger partial charge in [-0.15, -0.1) is 0 Å². The molecule has 23 heavy (non-hydrogen) atoms. The van der Waals surface area contributed by atoms with Gasteiger partial charge in [-0.1, -0.05) is 30.3 Å². The lowest BCUT2D eigenvalue weighted by atomic mass is 9.99. The molecule has 0 spiro atoms. The minimum atomic E-state index is -1.09. The van der Waals surface area contributed by atoms with Gasteiger partial charge in [0, 0.05) is 13.7 Å². The van der Waals surface area contributed by atoms with Gasteiger partial charge in [0.2, 0.25) is 0 Å². The summed E-state index contributed by atoms with van der Waals surface area (Å²) in [5.74, 6) is 0. The number of carbonyl (C=O) groups is 1. The molecule has 2 aromatic rings. The van der Waals surface area contributed by atoms with E-state index in [1.807, 2.05) is 47.2 Å². The van der Waals surface area contributed by atoms with Gasteiger partial charge in [0.1, 0.15) is 5.60 Å². The van der Waals surface area contributed by atoms with Gasteiger partial charge in [-0.25, -0.2) is 4.79 Å². The average Bonchev–Trinajstić information content (AvgIpc) is 3.10. The first-order valence-corrected chi connectivity index (χ1v) is 8.31. The molecule has 2 atom stereocenters. The topological polar surface area (TPSA) is 70.6 Å². The highest BCUT2D eigenvalue weighted by atomic mass is 32.1. The third kappa shape index (κ3) is 5.06. The van der Waals surface area contributed by atoms with Crippen molar-refractivity contribution in [2.45, 2.75) is 18.6 Å². The van der Waals surface area contributed by atoms with Gasteiger partial charge in [0.05, 0.1) is 12.6 Å². The number of thiophene rings is 1. The summed E-state index contributed by atoms with van der Waals surface area (Å²) >= 11 is 1.51. The molecule has 0 aliphatic rings. The van der Waals surface area contributed by atoms with Gasteiger partial charge in [0.15, 0.2) is 0 Å². The maximum Gasteiger partial charge on any atom is 0.315 e. The van der Waals surface area contributed by atoms with Gasteiger partial charge in [-0.2, -0.15) is 11.3 Å². The molecule has 0 fully saturated rings. The van der Waals surface area contributed by atoms with Crippen molar-refractivity contribution in [2.24, 2.45) is 0 Å². The fraction of sp³-hybridized carbons (Fsp3) is 0.353. The third-order valence-corrected chi connectivity index (χ3v) is 4.32. The van der Waals surface area contributed by atoms with E-state index in [-0.39, 0.29) is 18.7 Å². The van der Waals surface area contributed by atoms with Crippen LogP contribution in [0.1, 0.15) is 24.2 Å². The quantitative estimate of drug-likeness (QED) is 0.729. The number of hydrogen-bond donors (Lipinski definition) is 3. The summed E-state index contributed by atoms with van der Waals surface area (Å²) in [6.45, 7) is 2.17. The Hall–Kier alpha value is -1.89. The van der Waals surface area contributed by atoms with Crippen molar-refractivity contribution in [3.05, 3.63) is 58.3 Å². The molecule has 1 heterocycles. The van der Waals surface area contributed by atoms with Gasteiger partial charge >= 0.3 is 6.03 Å². The van der Waals surface area contributed by atoms with Gasteiger partial charge in [-0.05, 0) is 34.9 Å². The Bertz CT molecular complexity index is 600. The van der Waals surface area contributed by atoms with Crippen molar-refractivity contribution in [2.75, 3.05) is 20.2 Å². The summed E-state index contributed by atoms with van der Waals surface area (Å²) in [5.41, 5.74) is 0.708. The SMILES string of the molecule is COC(CNC(=O)NCC(C)(O)c1ccsc1)c1ccccc1. The van der Waals surface area contributed by atoms with Crippen LogP contribution in [0.15, 0.2) is 47.2 Å². The molecule has 0 saturated heterocycles. The maximum absolute atomic E-state index is 11.9. The molecule has 0 radical (unpaired) electrons. The lowest BCUT2D eigenvalue weighted by molar-refractivity contribution is 0.0593. The summed E-state index contributed by atoms with van der Waals surface area (Å²) in [4.78, 5) is 11.9. The molecule has 124 valence electrons. The van der Waals surface area contributed by atoms with Crippen LogP contribution in [-0.2, 0) is 10.3 Å². The van der Waals surface area contributed by atoms with Crippen LogP contribution in [0, 0.1) is 0 Å². The summed E-state index contributed by atoms with van der Waals surface area (Å²) < 4.78 is 5.40. The number of benzene rings is 1. The van der Waals surface area contributed by atoms with Crippen LogP contribution >= 0.6 is 11.3 Å². The minimum Gasteiger partial charge on any atom is -0.384 e. The number of urea groups is 1. The highest BCUT2D eigenvalue weighted by Gasteiger charge is 2.24. The number of methoxy groups -OCH3 is 1. The molecule has 1 aromatic heterocycles. The second-order valence-electron chi connectivity index (χ2n) is 5.48. The van der Waals surface area contributed by atoms with E-state index in [9.17, 15) is 9.90 Å². The Kier molecular flexibility index (Phi) is 6.15. The first kappa shape index (κ1) is 17.5. The summed E-state index contributed by atoms with van der Waals surface area (Å²) in [7, 11) is 1.61. The molecule has 5 nitrogen and oxygen atoms in total. The maximum atomic E-state index is 11.9. The molecule has 2 unspecified atom stereocenters. The average molecular weight is 334 g/mol. The summed E-state index contributed by atoms with van der Waals surface area (Å²) in [6.07, 6.45) is -0.209. The van der Waals surface area contributed by atoms with Crippen LogP contribution in [-0.4, -0.2) is 31.3 Å². The minimum absolute atomic E-state index is 0.137. The zero-order chi connectivity index (χ0) is 16.7. The lowest BCUT2D eigenvalue weighted by Gasteiger charge is -2.23. The number of hydrogen-bond acceptors (Lipinski definition) is 4. The Morgan fingerprint density at radius 2 is 2.04 bits per heavy atom. The van der Waals surface area contributed by atoms with E-state index in [2.05, 4.69) is 10.6 Å². The standard InChI is InChI=1S/C17H22N2O3S/c1-17(21,14-8-9-23-11-14)12-19-16(20)18-10-15(22-2)13-6-4-3-5-7-13/h3-9,11,15,21H,10,12H2,1-2H3,(H2,18,19,20). The smallest absolute Gasteiger partial charge is 0.315 e. The highest BCUT2D eigenvalue weighted by Crippen LogP contribution is 2.22. The van der Waals surface area contributed by atoms with Crippen LogP contribution in [0.5, 0.6) is 0 Å². The van der Waals surface area contributed by atoms with E-state index in [1.165, 1.54) is 11.3 Å². The fourth-order valence-corrected chi connectivity index (χ4v) is 2.96. The highest BCUT2D eigenvalue weighted by molar-refractivity contribution is 7.08. The number of amides is 2. The van der Waals surface area contributed by atoms with Crippen molar-refractivity contribution in [3.63, 3.8) is 0 Å². The molecule has 3 N–H and O–H groups in total. The molecule has 0 bridgehead atoms. The summed E-state index contributed by atoms with van der Waals surface area (Å²) in [5, 5.41) is 19.6. The number of ether oxygens (including phenoxy) is 1. The molecule has 0 aliphatic carbocycles.